The normalized spacial score (nSPS) is 22.4. The van der Waals surface area contributed by atoms with Crippen LogP contribution in [-0.4, -0.2) is 104 Å². The first kappa shape index (κ1) is 42.2. The number of carbonyl (C=O) groups is 5. The standard InChI is InChI=1S/C35H62N6O7S/c1-13-15-16-24(27(42)30(44)36-19-14-2)37-29(43)26-22-17-18-35(9,10)23(22)20-41(26)31(45)28(34(6,7)8)39-32(46)38-25(33(3,4)5)21-40(11)49(12,47)48/h14,22-26,28H,2,13,15-21H2,1,3-12H3,(H,36,44)(H,37,43)(H2,38,39,46)/t22?,23-,24?,25+,26-,28+/m0/s1. The molecule has 2 aliphatic rings. The minimum absolute atomic E-state index is 0.0131. The van der Waals surface area contributed by atoms with Crippen LogP contribution in [-0.2, 0) is 29.2 Å². The first-order chi connectivity index (χ1) is 22.4. The molecule has 5 amide bonds. The molecule has 1 heterocycles. The molecular weight excluding hydrogens is 648 g/mol. The molecule has 14 heteroatoms. The molecule has 0 aromatic rings. The molecule has 0 radical (unpaired) electrons. The van der Waals surface area contributed by atoms with Gasteiger partial charge in [-0.15, -0.1) is 6.58 Å². The van der Waals surface area contributed by atoms with E-state index in [4.69, 9.17) is 0 Å². The summed E-state index contributed by atoms with van der Waals surface area (Å²) in [6.45, 7) is 21.4. The van der Waals surface area contributed by atoms with Crippen molar-refractivity contribution in [2.45, 2.75) is 119 Å². The van der Waals surface area contributed by atoms with Gasteiger partial charge in [-0.05, 0) is 47.3 Å². The highest BCUT2D eigenvalue weighted by Gasteiger charge is 2.57. The minimum Gasteiger partial charge on any atom is -0.346 e. The van der Waals surface area contributed by atoms with Crippen LogP contribution >= 0.6 is 0 Å². The van der Waals surface area contributed by atoms with Crippen molar-refractivity contribution < 1.29 is 32.4 Å². The van der Waals surface area contributed by atoms with Gasteiger partial charge in [0.15, 0.2) is 0 Å². The minimum atomic E-state index is -3.51. The van der Waals surface area contributed by atoms with Crippen molar-refractivity contribution in [1.29, 1.82) is 0 Å². The highest BCUT2D eigenvalue weighted by atomic mass is 32.2. The monoisotopic (exact) mass is 710 g/mol. The molecule has 2 unspecified atom stereocenters. The molecule has 2 fully saturated rings. The second-order valence-corrected chi connectivity index (χ2v) is 18.8. The molecular formula is C35H62N6O7S. The van der Waals surface area contributed by atoms with Crippen LogP contribution in [0.25, 0.3) is 0 Å². The Morgan fingerprint density at radius 3 is 2.14 bits per heavy atom. The number of unbranched alkanes of at least 4 members (excludes halogenated alkanes) is 1. The van der Waals surface area contributed by atoms with Gasteiger partial charge in [0.05, 0.1) is 12.3 Å². The lowest BCUT2D eigenvalue weighted by Gasteiger charge is -2.38. The molecule has 0 spiro atoms. The molecule has 49 heavy (non-hydrogen) atoms. The summed E-state index contributed by atoms with van der Waals surface area (Å²) < 4.78 is 25.5. The zero-order chi connectivity index (χ0) is 37.7. The van der Waals surface area contributed by atoms with Crippen molar-refractivity contribution in [3.63, 3.8) is 0 Å². The number of hydrogen-bond donors (Lipinski definition) is 4. The molecule has 0 aromatic carbocycles. The number of ketones is 1. The smallest absolute Gasteiger partial charge is 0.315 e. The van der Waals surface area contributed by atoms with Gasteiger partial charge >= 0.3 is 6.03 Å². The number of hydrogen-bond acceptors (Lipinski definition) is 7. The number of fused-ring (bicyclic) bond motifs is 1. The molecule has 1 aliphatic carbocycles. The Morgan fingerprint density at radius 2 is 1.63 bits per heavy atom. The first-order valence-electron chi connectivity index (χ1n) is 17.4. The van der Waals surface area contributed by atoms with Gasteiger partial charge in [-0.2, -0.15) is 0 Å². The summed E-state index contributed by atoms with van der Waals surface area (Å²) in [5.74, 6) is -2.61. The number of carbonyl (C=O) groups excluding carboxylic acids is 5. The number of urea groups is 1. The van der Waals surface area contributed by atoms with E-state index < -0.39 is 74.6 Å². The number of nitrogens with one attached hydrogen (secondary N) is 4. The summed E-state index contributed by atoms with van der Waals surface area (Å²) in [5, 5.41) is 11.1. The Bertz CT molecular complexity index is 1350. The van der Waals surface area contributed by atoms with Gasteiger partial charge in [0.1, 0.15) is 12.1 Å². The van der Waals surface area contributed by atoms with Crippen molar-refractivity contribution in [1.82, 2.24) is 30.5 Å². The summed E-state index contributed by atoms with van der Waals surface area (Å²) in [5.41, 5.74) is -1.44. The molecule has 280 valence electrons. The van der Waals surface area contributed by atoms with Crippen molar-refractivity contribution in [2.75, 3.05) is 32.9 Å². The van der Waals surface area contributed by atoms with Crippen LogP contribution in [0, 0.1) is 28.1 Å². The van der Waals surface area contributed by atoms with Crippen LogP contribution in [0.5, 0.6) is 0 Å². The highest BCUT2D eigenvalue weighted by Crippen LogP contribution is 2.53. The van der Waals surface area contributed by atoms with Crippen LogP contribution in [0.2, 0.25) is 0 Å². The average molecular weight is 711 g/mol. The number of rotatable bonds is 15. The second kappa shape index (κ2) is 16.3. The number of likely N-dealkylation sites (tertiary alicyclic amines) is 1. The maximum Gasteiger partial charge on any atom is 0.315 e. The summed E-state index contributed by atoms with van der Waals surface area (Å²) in [7, 11) is -2.06. The number of Topliss-reactive ketones (excluding diaryl/α,β-unsaturated/α-hetero) is 1. The fourth-order valence-corrected chi connectivity index (χ4v) is 7.22. The zero-order valence-corrected chi connectivity index (χ0v) is 32.4. The predicted octanol–water partition coefficient (Wildman–Crippen LogP) is 2.82. The number of sulfonamides is 1. The van der Waals surface area contributed by atoms with E-state index in [1.807, 2.05) is 48.5 Å². The highest BCUT2D eigenvalue weighted by molar-refractivity contribution is 7.88. The Hall–Kier alpha value is -3.00. The third-order valence-corrected chi connectivity index (χ3v) is 11.5. The van der Waals surface area contributed by atoms with Crippen LogP contribution in [0.1, 0.15) is 94.4 Å². The fraction of sp³-hybridized carbons (Fsp3) is 0.800. The summed E-state index contributed by atoms with van der Waals surface area (Å²) in [6.07, 6.45) is 5.78. The molecule has 1 saturated heterocycles. The third kappa shape index (κ3) is 11.0. The largest absolute Gasteiger partial charge is 0.346 e. The van der Waals surface area contributed by atoms with Crippen molar-refractivity contribution in [2.24, 2.45) is 28.1 Å². The predicted molar refractivity (Wildman–Crippen MR) is 191 cm³/mol. The van der Waals surface area contributed by atoms with E-state index in [1.54, 1.807) is 4.90 Å². The maximum absolute atomic E-state index is 14.6. The van der Waals surface area contributed by atoms with E-state index in [1.165, 1.54) is 17.4 Å². The molecule has 13 nitrogen and oxygen atoms in total. The molecule has 0 bridgehead atoms. The Balaban J connectivity index is 2.43. The Kier molecular flexibility index (Phi) is 14.1. The summed E-state index contributed by atoms with van der Waals surface area (Å²) >= 11 is 0. The number of amides is 5. The summed E-state index contributed by atoms with van der Waals surface area (Å²) in [6, 6.07) is -4.21. The molecule has 2 rings (SSSR count). The maximum atomic E-state index is 14.6. The molecule has 1 saturated carbocycles. The van der Waals surface area contributed by atoms with E-state index in [0.29, 0.717) is 19.4 Å². The van der Waals surface area contributed by atoms with E-state index in [0.717, 1.165) is 19.1 Å². The summed E-state index contributed by atoms with van der Waals surface area (Å²) in [4.78, 5) is 69.6. The van der Waals surface area contributed by atoms with Gasteiger partial charge in [-0.25, -0.2) is 17.5 Å². The van der Waals surface area contributed by atoms with Gasteiger partial charge in [-0.1, -0.05) is 81.2 Å². The van der Waals surface area contributed by atoms with Crippen molar-refractivity contribution >= 4 is 39.6 Å². The lowest BCUT2D eigenvalue weighted by atomic mass is 9.79. The van der Waals surface area contributed by atoms with Crippen LogP contribution in [0.4, 0.5) is 4.79 Å². The Labute approximate surface area is 294 Å². The topological polar surface area (TPSA) is 174 Å². The third-order valence-electron chi connectivity index (χ3n) is 10.2. The van der Waals surface area contributed by atoms with E-state index >= 15 is 0 Å². The van der Waals surface area contributed by atoms with Gasteiger partial charge in [0, 0.05) is 32.7 Å². The SMILES string of the molecule is C=CCNC(=O)C(=O)C(CCCC)NC(=O)[C@@H]1C2CCC(C)(C)[C@H]2CN1C(=O)[C@@H](NC(=O)N[C@H](CN(C)S(C)(=O)=O)C(C)(C)C)C(C)(C)C. The van der Waals surface area contributed by atoms with Crippen molar-refractivity contribution in [3.8, 4) is 0 Å². The average Bonchev–Trinajstić information content (AvgIpc) is 3.50. The first-order valence-corrected chi connectivity index (χ1v) is 19.2. The zero-order valence-electron chi connectivity index (χ0n) is 31.6. The lowest BCUT2D eigenvalue weighted by molar-refractivity contribution is -0.144. The van der Waals surface area contributed by atoms with Crippen LogP contribution < -0.4 is 21.3 Å². The molecule has 4 N–H and O–H groups in total. The van der Waals surface area contributed by atoms with E-state index in [9.17, 15) is 32.4 Å². The van der Waals surface area contributed by atoms with Crippen molar-refractivity contribution in [3.05, 3.63) is 12.7 Å². The van der Waals surface area contributed by atoms with E-state index in [2.05, 4.69) is 41.7 Å². The van der Waals surface area contributed by atoms with Gasteiger partial charge in [-0.3, -0.25) is 19.2 Å². The van der Waals surface area contributed by atoms with E-state index in [-0.39, 0.29) is 36.8 Å². The Morgan fingerprint density at radius 1 is 1.02 bits per heavy atom. The number of nitrogens with zero attached hydrogens (tertiary/aromatic N) is 2. The lowest BCUT2D eigenvalue weighted by Crippen LogP contribution is -2.62. The number of likely N-dealkylation sites (N-methyl/N-ethyl adjacent to an activating group) is 1. The van der Waals surface area contributed by atoms with Gasteiger partial charge < -0.3 is 26.2 Å². The molecule has 1 aliphatic heterocycles. The van der Waals surface area contributed by atoms with Crippen LogP contribution in [0.3, 0.4) is 0 Å². The van der Waals surface area contributed by atoms with Gasteiger partial charge in [0.2, 0.25) is 27.6 Å². The fourth-order valence-electron chi connectivity index (χ4n) is 6.80. The molecule has 0 aromatic heterocycles. The second-order valence-electron chi connectivity index (χ2n) is 16.7. The molecule has 6 atom stereocenters. The van der Waals surface area contributed by atoms with Gasteiger partial charge in [0.25, 0.3) is 5.91 Å². The quantitative estimate of drug-likeness (QED) is 0.149. The van der Waals surface area contributed by atoms with Crippen LogP contribution in [0.15, 0.2) is 12.7 Å².